The molecule has 1 aliphatic rings. The third-order valence-corrected chi connectivity index (χ3v) is 3.67. The van der Waals surface area contributed by atoms with Crippen molar-refractivity contribution in [2.24, 2.45) is 4.99 Å². The molecule has 3 heterocycles. The molecule has 0 radical (unpaired) electrons. The van der Waals surface area contributed by atoms with E-state index in [9.17, 15) is 15.0 Å². The fraction of sp³-hybridized carbons (Fsp3) is 0.500. The zero-order chi connectivity index (χ0) is 16.6. The smallest absolute Gasteiger partial charge is 0.261 e. The molecule has 0 aromatic carbocycles. The van der Waals surface area contributed by atoms with E-state index in [1.807, 2.05) is 14.1 Å². The molecule has 1 aliphatic heterocycles. The highest BCUT2D eigenvalue weighted by atomic mass is 16.5. The Morgan fingerprint density at radius 3 is 3.04 bits per heavy atom. The summed E-state index contributed by atoms with van der Waals surface area (Å²) in [7, 11) is 3.62. The second-order valence-corrected chi connectivity index (χ2v) is 5.67. The van der Waals surface area contributed by atoms with E-state index in [0.29, 0.717) is 17.5 Å². The average molecular weight is 321 g/mol. The summed E-state index contributed by atoms with van der Waals surface area (Å²) >= 11 is 0. The number of hydrogen-bond donors (Lipinski definition) is 3. The standard InChI is InChI=1S/C14H19N5O4/c1-18(2)7-15-14-16-12-8(13(22)17-14)3-4-19(12)11-5-9(21)10(6-20)23-11/h3-4,7,9-11,20-21H,5-6H2,1-2H3,(H,16,17,22). The summed E-state index contributed by atoms with van der Waals surface area (Å²) in [6, 6.07) is 1.64. The Labute approximate surface area is 131 Å². The maximum Gasteiger partial charge on any atom is 0.261 e. The number of aromatic nitrogens is 3. The highest BCUT2D eigenvalue weighted by Gasteiger charge is 2.35. The Hall–Kier alpha value is -2.23. The van der Waals surface area contributed by atoms with Crippen molar-refractivity contribution in [3.05, 3.63) is 22.6 Å². The summed E-state index contributed by atoms with van der Waals surface area (Å²) in [6.45, 7) is -0.261. The molecule has 0 spiro atoms. The van der Waals surface area contributed by atoms with Gasteiger partial charge in [0.25, 0.3) is 5.56 Å². The van der Waals surface area contributed by atoms with Gasteiger partial charge in [0.05, 0.1) is 24.4 Å². The molecule has 1 saturated heterocycles. The Balaban J connectivity index is 2.00. The fourth-order valence-corrected chi connectivity index (χ4v) is 2.55. The summed E-state index contributed by atoms with van der Waals surface area (Å²) in [4.78, 5) is 24.9. The molecule has 3 rings (SSSR count). The van der Waals surface area contributed by atoms with Crippen LogP contribution in [0.15, 0.2) is 22.1 Å². The van der Waals surface area contributed by atoms with Gasteiger partial charge < -0.3 is 24.4 Å². The van der Waals surface area contributed by atoms with Crippen LogP contribution in [0.2, 0.25) is 0 Å². The number of aliphatic hydroxyl groups excluding tert-OH is 2. The third-order valence-electron chi connectivity index (χ3n) is 3.67. The van der Waals surface area contributed by atoms with Crippen LogP contribution in [0.5, 0.6) is 0 Å². The molecule has 3 N–H and O–H groups in total. The molecule has 0 saturated carbocycles. The van der Waals surface area contributed by atoms with Gasteiger partial charge in [-0.05, 0) is 6.07 Å². The number of aliphatic imine (C=N–C) groups is 1. The molecule has 9 heteroatoms. The van der Waals surface area contributed by atoms with Gasteiger partial charge in [0.1, 0.15) is 12.3 Å². The number of nitrogens with one attached hydrogen (secondary N) is 1. The zero-order valence-electron chi connectivity index (χ0n) is 12.9. The normalized spacial score (nSPS) is 24.8. The van der Waals surface area contributed by atoms with Gasteiger partial charge in [-0.15, -0.1) is 0 Å². The molecule has 124 valence electrons. The molecule has 3 atom stereocenters. The summed E-state index contributed by atoms with van der Waals surface area (Å²) in [5.74, 6) is 0.188. The number of H-pyrrole nitrogens is 1. The summed E-state index contributed by atoms with van der Waals surface area (Å²) in [6.07, 6.45) is 1.67. The Bertz CT molecular complexity index is 781. The molecule has 9 nitrogen and oxygen atoms in total. The molecule has 0 amide bonds. The van der Waals surface area contributed by atoms with E-state index in [0.717, 1.165) is 0 Å². The van der Waals surface area contributed by atoms with Crippen molar-refractivity contribution in [2.45, 2.75) is 24.9 Å². The first-order valence-electron chi connectivity index (χ1n) is 7.25. The third kappa shape index (κ3) is 2.98. The van der Waals surface area contributed by atoms with Gasteiger partial charge in [0.15, 0.2) is 5.65 Å². The molecule has 0 bridgehead atoms. The van der Waals surface area contributed by atoms with E-state index in [2.05, 4.69) is 15.0 Å². The van der Waals surface area contributed by atoms with E-state index in [-0.39, 0.29) is 18.1 Å². The van der Waals surface area contributed by atoms with E-state index >= 15 is 0 Å². The van der Waals surface area contributed by atoms with Crippen LogP contribution in [0.4, 0.5) is 5.95 Å². The molecular formula is C14H19N5O4. The van der Waals surface area contributed by atoms with E-state index < -0.39 is 18.4 Å². The fourth-order valence-electron chi connectivity index (χ4n) is 2.55. The lowest BCUT2D eigenvalue weighted by molar-refractivity contribution is -0.0430. The van der Waals surface area contributed by atoms with Crippen molar-refractivity contribution in [1.29, 1.82) is 0 Å². The van der Waals surface area contributed by atoms with Crippen LogP contribution >= 0.6 is 0 Å². The molecule has 1 fully saturated rings. The molecule has 2 aromatic rings. The van der Waals surface area contributed by atoms with Crippen LogP contribution < -0.4 is 5.56 Å². The van der Waals surface area contributed by atoms with Crippen molar-refractivity contribution in [3.8, 4) is 0 Å². The van der Waals surface area contributed by atoms with Gasteiger partial charge in [-0.3, -0.25) is 9.78 Å². The highest BCUT2D eigenvalue weighted by Crippen LogP contribution is 2.30. The van der Waals surface area contributed by atoms with Crippen LogP contribution in [-0.4, -0.2) is 68.9 Å². The Morgan fingerprint density at radius 1 is 1.61 bits per heavy atom. The number of fused-ring (bicyclic) bond motifs is 1. The van der Waals surface area contributed by atoms with Crippen molar-refractivity contribution in [1.82, 2.24) is 19.4 Å². The minimum atomic E-state index is -0.754. The number of rotatable bonds is 4. The first kappa shape index (κ1) is 15.7. The summed E-state index contributed by atoms with van der Waals surface area (Å²) < 4.78 is 7.30. The maximum atomic E-state index is 12.1. The maximum absolute atomic E-state index is 12.1. The second-order valence-electron chi connectivity index (χ2n) is 5.67. The van der Waals surface area contributed by atoms with Crippen molar-refractivity contribution >= 4 is 23.3 Å². The quantitative estimate of drug-likeness (QED) is 0.520. The number of nitrogens with zero attached hydrogens (tertiary/aromatic N) is 4. The van der Waals surface area contributed by atoms with Gasteiger partial charge in [-0.25, -0.2) is 4.99 Å². The van der Waals surface area contributed by atoms with Crippen molar-refractivity contribution < 1.29 is 14.9 Å². The topological polar surface area (TPSA) is 116 Å². The lowest BCUT2D eigenvalue weighted by atomic mass is 10.2. The van der Waals surface area contributed by atoms with Gasteiger partial charge >= 0.3 is 0 Å². The van der Waals surface area contributed by atoms with Crippen molar-refractivity contribution in [2.75, 3.05) is 20.7 Å². The molecule has 23 heavy (non-hydrogen) atoms. The van der Waals surface area contributed by atoms with Crippen LogP contribution in [-0.2, 0) is 4.74 Å². The Kier molecular flexibility index (Phi) is 4.16. The SMILES string of the molecule is CN(C)C=Nc1nc2c(ccn2C2CC(O)C(CO)O2)c(=O)[nH]1. The van der Waals surface area contributed by atoms with E-state index in [4.69, 9.17) is 4.74 Å². The first-order valence-corrected chi connectivity index (χ1v) is 7.25. The molecule has 2 aromatic heterocycles. The number of aliphatic hydroxyl groups is 2. The monoisotopic (exact) mass is 321 g/mol. The van der Waals surface area contributed by atoms with Crippen molar-refractivity contribution in [3.63, 3.8) is 0 Å². The number of ether oxygens (including phenoxy) is 1. The highest BCUT2D eigenvalue weighted by molar-refractivity contribution is 5.76. The largest absolute Gasteiger partial charge is 0.394 e. The number of aromatic amines is 1. The summed E-state index contributed by atoms with van der Waals surface area (Å²) in [5, 5.41) is 19.5. The van der Waals surface area contributed by atoms with E-state index in [1.54, 1.807) is 21.7 Å². The van der Waals surface area contributed by atoms with Crippen LogP contribution in [0.3, 0.4) is 0 Å². The predicted molar refractivity (Wildman–Crippen MR) is 83.8 cm³/mol. The first-order chi connectivity index (χ1) is 11.0. The summed E-state index contributed by atoms with van der Waals surface area (Å²) in [5.41, 5.74) is 0.132. The van der Waals surface area contributed by atoms with Gasteiger partial charge in [0, 0.05) is 26.7 Å². The Morgan fingerprint density at radius 2 is 2.39 bits per heavy atom. The second kappa shape index (κ2) is 6.11. The van der Waals surface area contributed by atoms with E-state index in [1.165, 1.54) is 6.34 Å². The minimum absolute atomic E-state index is 0.188. The van der Waals surface area contributed by atoms with Crippen LogP contribution in [0, 0.1) is 0 Å². The predicted octanol–water partition coefficient (Wildman–Crippen LogP) is -0.413. The molecule has 3 unspecified atom stereocenters. The lowest BCUT2D eigenvalue weighted by Crippen LogP contribution is -2.24. The van der Waals surface area contributed by atoms with Gasteiger partial charge in [-0.2, -0.15) is 4.98 Å². The zero-order valence-corrected chi connectivity index (χ0v) is 12.9. The lowest BCUT2D eigenvalue weighted by Gasteiger charge is -2.14. The average Bonchev–Trinajstić information content (AvgIpc) is 3.08. The minimum Gasteiger partial charge on any atom is -0.394 e. The molecular weight excluding hydrogens is 302 g/mol. The van der Waals surface area contributed by atoms with Crippen LogP contribution in [0.25, 0.3) is 11.0 Å². The van der Waals surface area contributed by atoms with Crippen LogP contribution in [0.1, 0.15) is 12.6 Å². The van der Waals surface area contributed by atoms with Gasteiger partial charge in [-0.1, -0.05) is 0 Å². The van der Waals surface area contributed by atoms with Gasteiger partial charge in [0.2, 0.25) is 5.95 Å². The number of hydrogen-bond acceptors (Lipinski definition) is 6. The molecule has 0 aliphatic carbocycles.